The van der Waals surface area contributed by atoms with Crippen LogP contribution < -0.4 is 15.4 Å². The number of nitriles is 1. The number of aromatic nitrogens is 2. The topological polar surface area (TPSA) is 134 Å². The lowest BCUT2D eigenvalue weighted by Crippen LogP contribution is -2.45. The first-order valence-corrected chi connectivity index (χ1v) is 9.88. The number of para-hydroxylation sites is 2. The molecule has 0 saturated carbocycles. The Bertz CT molecular complexity index is 1340. The van der Waals surface area contributed by atoms with Crippen molar-refractivity contribution in [2.45, 2.75) is 12.3 Å². The number of carbonyl (C=O) groups excluding carboxylic acids is 2. The molecule has 158 valence electrons. The summed E-state index contributed by atoms with van der Waals surface area (Å²) in [6.07, 6.45) is 0. The monoisotopic (exact) mass is 427 g/mol. The van der Waals surface area contributed by atoms with Gasteiger partial charge in [0.15, 0.2) is 5.69 Å². The maximum absolute atomic E-state index is 14.3. The number of nitrogens with zero attached hydrogens (tertiary/aromatic N) is 3. The summed E-state index contributed by atoms with van der Waals surface area (Å²) in [5, 5.41) is 16.8. The summed E-state index contributed by atoms with van der Waals surface area (Å²) in [4.78, 5) is 28.6. The third kappa shape index (κ3) is 2.34. The summed E-state index contributed by atoms with van der Waals surface area (Å²) >= 11 is 0. The summed E-state index contributed by atoms with van der Waals surface area (Å²) in [5.41, 5.74) is 5.95. The molecule has 2 aromatic carbocycles. The van der Waals surface area contributed by atoms with E-state index < -0.39 is 17.3 Å². The number of carbonyl (C=O) groups is 2. The first-order valence-electron chi connectivity index (χ1n) is 9.88. The van der Waals surface area contributed by atoms with Crippen LogP contribution in [0.15, 0.2) is 66.1 Å². The largest absolute Gasteiger partial charge is 0.461 e. The van der Waals surface area contributed by atoms with Gasteiger partial charge in [-0.05, 0) is 25.1 Å². The fourth-order valence-electron chi connectivity index (χ4n) is 4.40. The second-order valence-electron chi connectivity index (χ2n) is 7.20. The Kier molecular flexibility index (Phi) is 4.23. The molecule has 32 heavy (non-hydrogen) atoms. The van der Waals surface area contributed by atoms with E-state index in [0.717, 1.165) is 0 Å². The van der Waals surface area contributed by atoms with E-state index in [-0.39, 0.29) is 35.2 Å². The van der Waals surface area contributed by atoms with Crippen LogP contribution in [0.2, 0.25) is 0 Å². The van der Waals surface area contributed by atoms with Crippen LogP contribution in [0.4, 0.5) is 11.4 Å². The van der Waals surface area contributed by atoms with Crippen LogP contribution in [-0.4, -0.2) is 28.7 Å². The molecule has 1 aromatic heterocycles. The molecule has 1 spiro atoms. The number of hydrogen-bond donors (Lipinski definition) is 2. The van der Waals surface area contributed by atoms with E-state index in [1.54, 1.807) is 43.3 Å². The van der Waals surface area contributed by atoms with Gasteiger partial charge in [0.05, 0.1) is 17.9 Å². The van der Waals surface area contributed by atoms with Crippen molar-refractivity contribution < 1.29 is 19.1 Å². The van der Waals surface area contributed by atoms with Crippen LogP contribution in [0, 0.1) is 11.3 Å². The first kappa shape index (κ1) is 19.4. The Morgan fingerprint density at radius 1 is 1.25 bits per heavy atom. The summed E-state index contributed by atoms with van der Waals surface area (Å²) < 4.78 is 10.7. The average Bonchev–Trinajstić information content (AvgIpc) is 3.33. The van der Waals surface area contributed by atoms with Crippen LogP contribution >= 0.6 is 0 Å². The van der Waals surface area contributed by atoms with Crippen molar-refractivity contribution in [3.8, 4) is 11.9 Å². The van der Waals surface area contributed by atoms with Gasteiger partial charge in [-0.15, -0.1) is 5.10 Å². The predicted octanol–water partition coefficient (Wildman–Crippen LogP) is 2.64. The molecule has 0 bridgehead atoms. The molecule has 2 aliphatic heterocycles. The van der Waals surface area contributed by atoms with Crippen molar-refractivity contribution >= 4 is 23.3 Å². The molecule has 9 heteroatoms. The summed E-state index contributed by atoms with van der Waals surface area (Å²) in [7, 11) is 0. The number of aromatic amines is 1. The fourth-order valence-corrected chi connectivity index (χ4v) is 4.40. The van der Waals surface area contributed by atoms with E-state index >= 15 is 0 Å². The molecule has 0 fully saturated rings. The van der Waals surface area contributed by atoms with Crippen molar-refractivity contribution in [2.24, 2.45) is 5.73 Å². The van der Waals surface area contributed by atoms with Gasteiger partial charge in [0.2, 0.25) is 11.8 Å². The average molecular weight is 427 g/mol. The molecule has 2 aliphatic rings. The molecule has 3 heterocycles. The molecule has 1 unspecified atom stereocenters. The first-order chi connectivity index (χ1) is 15.6. The third-order valence-electron chi connectivity index (χ3n) is 5.61. The van der Waals surface area contributed by atoms with Crippen LogP contribution in [0.3, 0.4) is 0 Å². The third-order valence-corrected chi connectivity index (χ3v) is 5.61. The number of ether oxygens (including phenoxy) is 2. The molecule has 3 aromatic rings. The van der Waals surface area contributed by atoms with Crippen LogP contribution in [0.25, 0.3) is 0 Å². The highest BCUT2D eigenvalue weighted by Crippen LogP contribution is 2.57. The van der Waals surface area contributed by atoms with E-state index in [2.05, 4.69) is 10.2 Å². The number of anilines is 2. The highest BCUT2D eigenvalue weighted by atomic mass is 16.5. The lowest BCUT2D eigenvalue weighted by molar-refractivity contribution is -0.120. The molecule has 1 atom stereocenters. The summed E-state index contributed by atoms with van der Waals surface area (Å²) in [6.45, 7) is 1.78. The zero-order valence-corrected chi connectivity index (χ0v) is 17.0. The van der Waals surface area contributed by atoms with Gasteiger partial charge >= 0.3 is 5.97 Å². The van der Waals surface area contributed by atoms with Gasteiger partial charge in [-0.3, -0.25) is 14.8 Å². The van der Waals surface area contributed by atoms with Crippen molar-refractivity contribution in [2.75, 3.05) is 11.5 Å². The molecule has 0 saturated heterocycles. The second kappa shape index (κ2) is 6.99. The van der Waals surface area contributed by atoms with E-state index in [0.29, 0.717) is 16.9 Å². The quantitative estimate of drug-likeness (QED) is 0.614. The standard InChI is InChI=1S/C23H17N5O4/c1-2-31-21(29)18-17-20(27-26-18)32-19(25)15(12-24)23(17)14-10-6-7-11-16(14)28(22(23)30)13-8-4-3-5-9-13/h3-11H,2,25H2,1H3,(H,26,27). The Labute approximate surface area is 182 Å². The number of rotatable bonds is 3. The second-order valence-corrected chi connectivity index (χ2v) is 7.20. The van der Waals surface area contributed by atoms with Gasteiger partial charge in [-0.25, -0.2) is 4.79 Å². The minimum atomic E-state index is -1.73. The van der Waals surface area contributed by atoms with E-state index in [1.165, 1.54) is 4.90 Å². The SMILES string of the molecule is CCOC(=O)c1[nH]nc2c1C1(C(=O)N(c3ccccc3)c3ccccc31)C(C#N)=C(N)O2. The molecule has 9 nitrogen and oxygen atoms in total. The smallest absolute Gasteiger partial charge is 0.356 e. The zero-order chi connectivity index (χ0) is 22.5. The van der Waals surface area contributed by atoms with Crippen LogP contribution in [0.1, 0.15) is 28.5 Å². The highest BCUT2D eigenvalue weighted by molar-refractivity contribution is 6.18. The predicted molar refractivity (Wildman–Crippen MR) is 113 cm³/mol. The molecule has 1 amide bonds. The lowest BCUT2D eigenvalue weighted by Gasteiger charge is -2.32. The number of fused-ring (bicyclic) bond motifs is 4. The molecule has 3 N–H and O–H groups in total. The molecular weight excluding hydrogens is 410 g/mol. The van der Waals surface area contributed by atoms with Gasteiger partial charge in [-0.1, -0.05) is 36.4 Å². The number of esters is 1. The Balaban J connectivity index is 1.88. The number of nitrogens with one attached hydrogen (secondary N) is 1. The maximum atomic E-state index is 14.3. The number of benzene rings is 2. The minimum Gasteiger partial charge on any atom is -0.461 e. The fraction of sp³-hybridized carbons (Fsp3) is 0.130. The zero-order valence-electron chi connectivity index (χ0n) is 17.0. The van der Waals surface area contributed by atoms with Crippen molar-refractivity contribution in [1.82, 2.24) is 10.2 Å². The summed E-state index contributed by atoms with van der Waals surface area (Å²) in [5.74, 6) is -1.49. The van der Waals surface area contributed by atoms with Gasteiger partial charge in [-0.2, -0.15) is 5.26 Å². The minimum absolute atomic E-state index is 0.0531. The Morgan fingerprint density at radius 3 is 2.69 bits per heavy atom. The lowest BCUT2D eigenvalue weighted by atomic mass is 9.69. The number of H-pyrrole nitrogens is 1. The molecule has 0 radical (unpaired) electrons. The van der Waals surface area contributed by atoms with E-state index in [9.17, 15) is 14.9 Å². The normalized spacial score (nSPS) is 18.8. The Morgan fingerprint density at radius 2 is 1.97 bits per heavy atom. The number of nitrogens with two attached hydrogens (primary N) is 1. The summed E-state index contributed by atoms with van der Waals surface area (Å²) in [6, 6.07) is 18.1. The van der Waals surface area contributed by atoms with Gasteiger partial charge in [0.1, 0.15) is 17.1 Å². The van der Waals surface area contributed by atoms with Crippen molar-refractivity contribution in [1.29, 1.82) is 5.26 Å². The molecular formula is C23H17N5O4. The highest BCUT2D eigenvalue weighted by Gasteiger charge is 2.62. The number of amides is 1. The van der Waals surface area contributed by atoms with Crippen molar-refractivity contribution in [3.05, 3.63) is 82.9 Å². The van der Waals surface area contributed by atoms with E-state index in [4.69, 9.17) is 15.2 Å². The molecule has 0 aliphatic carbocycles. The van der Waals surface area contributed by atoms with Crippen molar-refractivity contribution in [3.63, 3.8) is 0 Å². The molecule has 5 rings (SSSR count). The number of hydrogen-bond acceptors (Lipinski definition) is 7. The maximum Gasteiger partial charge on any atom is 0.356 e. The van der Waals surface area contributed by atoms with E-state index in [1.807, 2.05) is 24.3 Å². The van der Waals surface area contributed by atoms with Gasteiger partial charge in [0, 0.05) is 11.3 Å². The van der Waals surface area contributed by atoms with Crippen LogP contribution in [-0.2, 0) is 14.9 Å². The van der Waals surface area contributed by atoms with Gasteiger partial charge in [0.25, 0.3) is 5.91 Å². The van der Waals surface area contributed by atoms with Gasteiger partial charge < -0.3 is 15.2 Å². The van der Waals surface area contributed by atoms with Crippen LogP contribution in [0.5, 0.6) is 5.88 Å². The Hall–Kier alpha value is -4.58.